The van der Waals surface area contributed by atoms with Crippen LogP contribution in [0.4, 0.5) is 16.2 Å². The Labute approximate surface area is 148 Å². The quantitative estimate of drug-likeness (QED) is 0.827. The molecule has 1 saturated heterocycles. The maximum atomic E-state index is 12.4. The predicted molar refractivity (Wildman–Crippen MR) is 97.2 cm³/mol. The van der Waals surface area contributed by atoms with Gasteiger partial charge in [-0.2, -0.15) is 0 Å². The number of ether oxygens (including phenoxy) is 2. The standard InChI is InChI=1S/C18H27N3O4/c1-13(22)19-14-7-8-17(24-3)16(12-14)20-18(23)21(2)10-9-15-6-4-5-11-25-15/h7-8,12,15H,4-6,9-11H2,1-3H3,(H,19,22)(H,20,23)/t15-/m1/s1. The van der Waals surface area contributed by atoms with Gasteiger partial charge < -0.3 is 25.0 Å². The zero-order valence-electron chi connectivity index (χ0n) is 15.1. The molecule has 1 aromatic carbocycles. The molecule has 1 aliphatic rings. The number of carbonyl (C=O) groups is 2. The van der Waals surface area contributed by atoms with Crippen molar-refractivity contribution in [1.29, 1.82) is 0 Å². The third-order valence-corrected chi connectivity index (χ3v) is 4.17. The smallest absolute Gasteiger partial charge is 0.321 e. The number of urea groups is 1. The van der Waals surface area contributed by atoms with Gasteiger partial charge in [-0.15, -0.1) is 0 Å². The highest BCUT2D eigenvalue weighted by molar-refractivity contribution is 5.94. The molecule has 1 heterocycles. The first kappa shape index (κ1) is 19.1. The second-order valence-corrected chi connectivity index (χ2v) is 6.23. The fourth-order valence-electron chi connectivity index (χ4n) is 2.77. The number of rotatable bonds is 6. The van der Waals surface area contributed by atoms with E-state index in [1.807, 2.05) is 0 Å². The van der Waals surface area contributed by atoms with Crippen molar-refractivity contribution in [2.45, 2.75) is 38.7 Å². The van der Waals surface area contributed by atoms with Crippen LogP contribution in [-0.4, -0.2) is 50.3 Å². The largest absolute Gasteiger partial charge is 0.495 e. The molecule has 7 nitrogen and oxygen atoms in total. The fraction of sp³-hybridized carbons (Fsp3) is 0.556. The van der Waals surface area contributed by atoms with Crippen LogP contribution >= 0.6 is 0 Å². The molecule has 0 spiro atoms. The average Bonchev–Trinajstić information content (AvgIpc) is 2.60. The van der Waals surface area contributed by atoms with E-state index in [0.717, 1.165) is 25.9 Å². The van der Waals surface area contributed by atoms with Gasteiger partial charge in [-0.05, 0) is 43.9 Å². The highest BCUT2D eigenvalue weighted by Gasteiger charge is 2.17. The van der Waals surface area contributed by atoms with Gasteiger partial charge in [0.15, 0.2) is 0 Å². The Morgan fingerprint density at radius 1 is 1.32 bits per heavy atom. The molecular weight excluding hydrogens is 322 g/mol. The highest BCUT2D eigenvalue weighted by atomic mass is 16.5. The number of methoxy groups -OCH3 is 1. The minimum Gasteiger partial charge on any atom is -0.495 e. The molecule has 1 atom stereocenters. The summed E-state index contributed by atoms with van der Waals surface area (Å²) in [5.74, 6) is 0.360. The lowest BCUT2D eigenvalue weighted by Gasteiger charge is -2.25. The number of nitrogens with one attached hydrogen (secondary N) is 2. The second-order valence-electron chi connectivity index (χ2n) is 6.23. The molecular formula is C18H27N3O4. The van der Waals surface area contributed by atoms with Gasteiger partial charge in [-0.1, -0.05) is 0 Å². The van der Waals surface area contributed by atoms with Crippen LogP contribution in [0.25, 0.3) is 0 Å². The first-order valence-corrected chi connectivity index (χ1v) is 8.59. The van der Waals surface area contributed by atoms with Crippen LogP contribution in [0.1, 0.15) is 32.6 Å². The molecule has 1 fully saturated rings. The van der Waals surface area contributed by atoms with E-state index in [2.05, 4.69) is 10.6 Å². The van der Waals surface area contributed by atoms with Gasteiger partial charge >= 0.3 is 6.03 Å². The Bertz CT molecular complexity index is 600. The van der Waals surface area contributed by atoms with Crippen LogP contribution in [0.3, 0.4) is 0 Å². The van der Waals surface area contributed by atoms with E-state index in [4.69, 9.17) is 9.47 Å². The molecule has 0 aliphatic carbocycles. The summed E-state index contributed by atoms with van der Waals surface area (Å²) in [5, 5.41) is 5.52. The molecule has 0 unspecified atom stereocenters. The highest BCUT2D eigenvalue weighted by Crippen LogP contribution is 2.28. The maximum Gasteiger partial charge on any atom is 0.321 e. The van der Waals surface area contributed by atoms with Crippen molar-refractivity contribution in [2.75, 3.05) is 37.9 Å². The van der Waals surface area contributed by atoms with Crippen LogP contribution in [0.15, 0.2) is 18.2 Å². The maximum absolute atomic E-state index is 12.4. The normalized spacial score (nSPS) is 16.8. The number of hydrogen-bond donors (Lipinski definition) is 2. The van der Waals surface area contributed by atoms with Crippen molar-refractivity contribution in [3.05, 3.63) is 18.2 Å². The summed E-state index contributed by atoms with van der Waals surface area (Å²) in [4.78, 5) is 25.2. The number of carbonyl (C=O) groups excluding carboxylic acids is 2. The number of nitrogens with zero attached hydrogens (tertiary/aromatic N) is 1. The number of benzene rings is 1. The van der Waals surface area contributed by atoms with Crippen LogP contribution < -0.4 is 15.4 Å². The molecule has 7 heteroatoms. The molecule has 25 heavy (non-hydrogen) atoms. The Morgan fingerprint density at radius 3 is 2.76 bits per heavy atom. The van der Waals surface area contributed by atoms with E-state index in [-0.39, 0.29) is 18.0 Å². The number of hydrogen-bond acceptors (Lipinski definition) is 4. The lowest BCUT2D eigenvalue weighted by atomic mass is 10.1. The monoisotopic (exact) mass is 349 g/mol. The summed E-state index contributed by atoms with van der Waals surface area (Å²) in [7, 11) is 3.29. The minimum atomic E-state index is -0.228. The van der Waals surface area contributed by atoms with E-state index in [1.54, 1.807) is 30.1 Å². The third kappa shape index (κ3) is 5.94. The molecule has 0 saturated carbocycles. The molecule has 0 radical (unpaired) electrons. The average molecular weight is 349 g/mol. The van der Waals surface area contributed by atoms with Crippen molar-refractivity contribution in [3.63, 3.8) is 0 Å². The summed E-state index contributed by atoms with van der Waals surface area (Å²) in [6, 6.07) is 4.88. The molecule has 3 amide bonds. The SMILES string of the molecule is COc1ccc(NC(C)=O)cc1NC(=O)N(C)CC[C@H]1CCCCO1. The molecule has 0 bridgehead atoms. The van der Waals surface area contributed by atoms with E-state index < -0.39 is 0 Å². The third-order valence-electron chi connectivity index (χ3n) is 4.17. The lowest BCUT2D eigenvalue weighted by molar-refractivity contribution is -0.114. The second kappa shape index (κ2) is 9.27. The Hall–Kier alpha value is -2.28. The zero-order valence-corrected chi connectivity index (χ0v) is 15.1. The topological polar surface area (TPSA) is 79.9 Å². The van der Waals surface area contributed by atoms with Crippen molar-refractivity contribution in [3.8, 4) is 5.75 Å². The molecule has 1 aromatic rings. The van der Waals surface area contributed by atoms with Gasteiger partial charge in [0.1, 0.15) is 5.75 Å². The van der Waals surface area contributed by atoms with Gasteiger partial charge in [0, 0.05) is 32.8 Å². The molecule has 2 rings (SSSR count). The van der Waals surface area contributed by atoms with Gasteiger partial charge in [0.25, 0.3) is 0 Å². The van der Waals surface area contributed by atoms with Gasteiger partial charge in [-0.3, -0.25) is 4.79 Å². The van der Waals surface area contributed by atoms with Crippen molar-refractivity contribution in [1.82, 2.24) is 4.90 Å². The molecule has 138 valence electrons. The van der Waals surface area contributed by atoms with E-state index in [1.165, 1.54) is 20.5 Å². The number of amides is 3. The van der Waals surface area contributed by atoms with E-state index in [0.29, 0.717) is 23.7 Å². The van der Waals surface area contributed by atoms with E-state index in [9.17, 15) is 9.59 Å². The first-order chi connectivity index (χ1) is 12.0. The van der Waals surface area contributed by atoms with E-state index >= 15 is 0 Å². The predicted octanol–water partition coefficient (Wildman–Crippen LogP) is 3.08. The Balaban J connectivity index is 1.94. The van der Waals surface area contributed by atoms with Crippen molar-refractivity contribution >= 4 is 23.3 Å². The summed E-state index contributed by atoms with van der Waals surface area (Å²) in [5.41, 5.74) is 1.11. The van der Waals surface area contributed by atoms with Crippen LogP contribution in [0.2, 0.25) is 0 Å². The van der Waals surface area contributed by atoms with Gasteiger partial charge in [0.2, 0.25) is 5.91 Å². The minimum absolute atomic E-state index is 0.174. The van der Waals surface area contributed by atoms with Crippen LogP contribution in [0, 0.1) is 0 Å². The lowest BCUT2D eigenvalue weighted by Crippen LogP contribution is -2.34. The molecule has 1 aliphatic heterocycles. The summed E-state index contributed by atoms with van der Waals surface area (Å²) in [6.07, 6.45) is 4.43. The van der Waals surface area contributed by atoms with Crippen molar-refractivity contribution < 1.29 is 19.1 Å². The number of anilines is 2. The van der Waals surface area contributed by atoms with Gasteiger partial charge in [0.05, 0.1) is 18.9 Å². The zero-order chi connectivity index (χ0) is 18.2. The molecule has 0 aromatic heterocycles. The summed E-state index contributed by atoms with van der Waals surface area (Å²) < 4.78 is 11.0. The van der Waals surface area contributed by atoms with Crippen molar-refractivity contribution in [2.24, 2.45) is 0 Å². The first-order valence-electron chi connectivity index (χ1n) is 8.59. The Morgan fingerprint density at radius 2 is 2.12 bits per heavy atom. The van der Waals surface area contributed by atoms with Crippen LogP contribution in [0.5, 0.6) is 5.75 Å². The van der Waals surface area contributed by atoms with Gasteiger partial charge in [-0.25, -0.2) is 4.79 Å². The summed E-state index contributed by atoms with van der Waals surface area (Å²) in [6.45, 7) is 2.86. The summed E-state index contributed by atoms with van der Waals surface area (Å²) >= 11 is 0. The fourth-order valence-corrected chi connectivity index (χ4v) is 2.77. The van der Waals surface area contributed by atoms with Crippen LogP contribution in [-0.2, 0) is 9.53 Å². The molecule has 2 N–H and O–H groups in total. The Kier molecular flexibility index (Phi) is 7.06.